The van der Waals surface area contributed by atoms with Crippen molar-refractivity contribution in [2.24, 2.45) is 17.5 Å². The minimum Gasteiger partial charge on any atom is -0.330 e. The zero-order valence-electron chi connectivity index (χ0n) is 9.98. The van der Waals surface area contributed by atoms with Crippen molar-refractivity contribution in [1.82, 2.24) is 5.43 Å². The van der Waals surface area contributed by atoms with E-state index in [9.17, 15) is 4.79 Å². The summed E-state index contributed by atoms with van der Waals surface area (Å²) in [6.45, 7) is 2.87. The minimum atomic E-state index is -0.263. The van der Waals surface area contributed by atoms with E-state index in [2.05, 4.69) is 12.3 Å². The molecule has 0 spiro atoms. The molecule has 0 heterocycles. The first-order chi connectivity index (χ1) is 8.17. The van der Waals surface area contributed by atoms with Crippen LogP contribution in [0.3, 0.4) is 0 Å². The van der Waals surface area contributed by atoms with E-state index in [0.29, 0.717) is 11.5 Å². The Hall–Kier alpha value is -1.04. The third kappa shape index (κ3) is 4.77. The molecule has 94 valence electrons. The van der Waals surface area contributed by atoms with E-state index in [1.807, 2.05) is 23.9 Å². The van der Waals surface area contributed by atoms with E-state index in [-0.39, 0.29) is 5.91 Å². The minimum absolute atomic E-state index is 0.263. The van der Waals surface area contributed by atoms with Crippen LogP contribution in [0.4, 0.5) is 0 Å². The van der Waals surface area contributed by atoms with Gasteiger partial charge in [0.15, 0.2) is 0 Å². The molecule has 0 saturated heterocycles. The number of thioether (sulfide) groups is 1. The fraction of sp³-hybridized carbons (Fsp3) is 0.417. The number of rotatable bonds is 6. The number of hydrogen-bond acceptors (Lipinski definition) is 4. The first-order valence-corrected chi connectivity index (χ1v) is 6.70. The van der Waals surface area contributed by atoms with Crippen molar-refractivity contribution < 1.29 is 4.79 Å². The molecule has 0 aliphatic carbocycles. The van der Waals surface area contributed by atoms with Gasteiger partial charge in [0.05, 0.1) is 0 Å². The van der Waals surface area contributed by atoms with Crippen LogP contribution in [-0.2, 0) is 5.75 Å². The second kappa shape index (κ2) is 7.32. The molecule has 17 heavy (non-hydrogen) atoms. The Balaban J connectivity index is 2.43. The molecular weight excluding hydrogens is 234 g/mol. The number of hydrogen-bond donors (Lipinski definition) is 3. The van der Waals surface area contributed by atoms with Crippen LogP contribution < -0.4 is 17.0 Å². The molecule has 0 aliphatic rings. The van der Waals surface area contributed by atoms with Crippen molar-refractivity contribution >= 4 is 17.7 Å². The van der Waals surface area contributed by atoms with Crippen LogP contribution in [-0.4, -0.2) is 18.2 Å². The average molecular weight is 253 g/mol. The maximum absolute atomic E-state index is 11.2. The van der Waals surface area contributed by atoms with E-state index in [4.69, 9.17) is 11.6 Å². The van der Waals surface area contributed by atoms with Gasteiger partial charge in [-0.3, -0.25) is 10.2 Å². The van der Waals surface area contributed by atoms with Crippen LogP contribution in [0.1, 0.15) is 22.8 Å². The average Bonchev–Trinajstić information content (AvgIpc) is 2.38. The summed E-state index contributed by atoms with van der Waals surface area (Å²) in [5, 5.41) is 0. The smallest absolute Gasteiger partial charge is 0.265 e. The Kier molecular flexibility index (Phi) is 6.04. The number of nitrogens with two attached hydrogens (primary N) is 2. The molecule has 4 nitrogen and oxygen atoms in total. The van der Waals surface area contributed by atoms with Crippen LogP contribution in [0.15, 0.2) is 24.3 Å². The Morgan fingerprint density at radius 2 is 2.06 bits per heavy atom. The van der Waals surface area contributed by atoms with Crippen LogP contribution in [0.2, 0.25) is 0 Å². The third-order valence-electron chi connectivity index (χ3n) is 2.42. The van der Waals surface area contributed by atoms with Gasteiger partial charge in [-0.15, -0.1) is 0 Å². The molecule has 1 unspecified atom stereocenters. The summed E-state index contributed by atoms with van der Waals surface area (Å²) >= 11 is 1.85. The summed E-state index contributed by atoms with van der Waals surface area (Å²) in [5.41, 5.74) is 9.44. The SMILES string of the molecule is CC(CN)CSCc1ccc(C(=O)NN)cc1. The fourth-order valence-electron chi connectivity index (χ4n) is 1.28. The van der Waals surface area contributed by atoms with Crippen molar-refractivity contribution in [3.8, 4) is 0 Å². The van der Waals surface area contributed by atoms with Crippen molar-refractivity contribution in [1.29, 1.82) is 0 Å². The third-order valence-corrected chi connectivity index (χ3v) is 3.76. The van der Waals surface area contributed by atoms with E-state index < -0.39 is 0 Å². The van der Waals surface area contributed by atoms with Gasteiger partial charge in [-0.05, 0) is 35.9 Å². The van der Waals surface area contributed by atoms with Gasteiger partial charge in [0.25, 0.3) is 5.91 Å². The normalized spacial score (nSPS) is 12.2. The summed E-state index contributed by atoms with van der Waals surface area (Å²) in [6.07, 6.45) is 0. The topological polar surface area (TPSA) is 81.1 Å². The predicted molar refractivity (Wildman–Crippen MR) is 72.5 cm³/mol. The molecule has 0 radical (unpaired) electrons. The number of nitrogen functional groups attached to an aromatic ring is 1. The summed E-state index contributed by atoms with van der Waals surface area (Å²) in [4.78, 5) is 11.2. The zero-order valence-corrected chi connectivity index (χ0v) is 10.8. The summed E-state index contributed by atoms with van der Waals surface area (Å²) in [5.74, 6) is 7.33. The van der Waals surface area contributed by atoms with Crippen molar-refractivity contribution in [3.05, 3.63) is 35.4 Å². The molecule has 1 atom stereocenters. The van der Waals surface area contributed by atoms with Gasteiger partial charge >= 0.3 is 0 Å². The van der Waals surface area contributed by atoms with Crippen LogP contribution in [0.25, 0.3) is 0 Å². The number of carbonyl (C=O) groups is 1. The predicted octanol–water partition coefficient (Wildman–Crippen LogP) is 1.12. The molecule has 1 aromatic carbocycles. The fourth-order valence-corrected chi connectivity index (χ4v) is 2.37. The van der Waals surface area contributed by atoms with Gasteiger partial charge < -0.3 is 5.73 Å². The number of carbonyl (C=O) groups excluding carboxylic acids is 1. The van der Waals surface area contributed by atoms with Gasteiger partial charge in [0, 0.05) is 11.3 Å². The number of nitrogens with one attached hydrogen (secondary N) is 1. The van der Waals surface area contributed by atoms with Gasteiger partial charge in [0.1, 0.15) is 0 Å². The van der Waals surface area contributed by atoms with Crippen molar-refractivity contribution in [3.63, 3.8) is 0 Å². The Bertz CT molecular complexity index is 353. The molecule has 0 fully saturated rings. The Morgan fingerprint density at radius 1 is 1.41 bits per heavy atom. The first-order valence-electron chi connectivity index (χ1n) is 5.55. The summed E-state index contributed by atoms with van der Waals surface area (Å²) in [7, 11) is 0. The number of hydrazine groups is 1. The zero-order chi connectivity index (χ0) is 12.7. The lowest BCUT2D eigenvalue weighted by Gasteiger charge is -2.08. The lowest BCUT2D eigenvalue weighted by molar-refractivity contribution is 0.0953. The Morgan fingerprint density at radius 3 is 2.59 bits per heavy atom. The van der Waals surface area contributed by atoms with E-state index in [1.54, 1.807) is 12.1 Å². The molecular formula is C12H19N3OS. The molecule has 1 rings (SSSR count). The van der Waals surface area contributed by atoms with Crippen LogP contribution in [0.5, 0.6) is 0 Å². The van der Waals surface area contributed by atoms with E-state index in [0.717, 1.165) is 18.1 Å². The highest BCUT2D eigenvalue weighted by atomic mass is 32.2. The standard InChI is InChI=1S/C12H19N3OS/c1-9(6-13)7-17-8-10-2-4-11(5-3-10)12(16)15-14/h2-5,9H,6-8,13-14H2,1H3,(H,15,16). The van der Waals surface area contributed by atoms with E-state index >= 15 is 0 Å². The highest BCUT2D eigenvalue weighted by Crippen LogP contribution is 2.15. The molecule has 0 aliphatic heterocycles. The quantitative estimate of drug-likeness (QED) is 0.403. The van der Waals surface area contributed by atoms with Gasteiger partial charge in [-0.2, -0.15) is 11.8 Å². The van der Waals surface area contributed by atoms with Crippen LogP contribution >= 0.6 is 11.8 Å². The summed E-state index contributed by atoms with van der Waals surface area (Å²) in [6, 6.07) is 7.46. The second-order valence-corrected chi connectivity index (χ2v) is 5.06. The molecule has 0 bridgehead atoms. The lowest BCUT2D eigenvalue weighted by Crippen LogP contribution is -2.29. The lowest BCUT2D eigenvalue weighted by atomic mass is 10.1. The van der Waals surface area contributed by atoms with Crippen molar-refractivity contribution in [2.75, 3.05) is 12.3 Å². The molecule has 1 aromatic rings. The highest BCUT2D eigenvalue weighted by molar-refractivity contribution is 7.98. The molecule has 5 N–H and O–H groups in total. The number of benzene rings is 1. The first kappa shape index (κ1) is 14.0. The summed E-state index contributed by atoms with van der Waals surface area (Å²) < 4.78 is 0. The van der Waals surface area contributed by atoms with Crippen LogP contribution in [0, 0.1) is 5.92 Å². The molecule has 1 amide bonds. The molecule has 0 saturated carbocycles. The highest BCUT2D eigenvalue weighted by Gasteiger charge is 2.03. The van der Waals surface area contributed by atoms with Gasteiger partial charge in [0.2, 0.25) is 0 Å². The monoisotopic (exact) mass is 253 g/mol. The maximum Gasteiger partial charge on any atom is 0.265 e. The maximum atomic E-state index is 11.2. The molecule has 5 heteroatoms. The number of amides is 1. The van der Waals surface area contributed by atoms with Gasteiger partial charge in [-0.25, -0.2) is 5.84 Å². The van der Waals surface area contributed by atoms with Crippen molar-refractivity contribution in [2.45, 2.75) is 12.7 Å². The largest absolute Gasteiger partial charge is 0.330 e. The second-order valence-electron chi connectivity index (χ2n) is 4.03. The van der Waals surface area contributed by atoms with Gasteiger partial charge in [-0.1, -0.05) is 19.1 Å². The Labute approximate surface area is 106 Å². The molecule has 0 aromatic heterocycles. The van der Waals surface area contributed by atoms with E-state index in [1.165, 1.54) is 5.56 Å².